The van der Waals surface area contributed by atoms with Gasteiger partial charge in [0, 0.05) is 6.07 Å². The maximum Gasteiger partial charge on any atom is 0.265 e. The van der Waals surface area contributed by atoms with E-state index in [1.165, 1.54) is 11.1 Å². The molecule has 1 unspecified atom stereocenters. The first kappa shape index (κ1) is 16.4. The Kier molecular flexibility index (Phi) is 4.79. The Labute approximate surface area is 139 Å². The summed E-state index contributed by atoms with van der Waals surface area (Å²) in [4.78, 5) is 12.3. The summed E-state index contributed by atoms with van der Waals surface area (Å²) in [6.45, 7) is 1.81. The summed E-state index contributed by atoms with van der Waals surface area (Å²) in [6.07, 6.45) is 2.87. The van der Waals surface area contributed by atoms with E-state index in [0.29, 0.717) is 12.2 Å². The summed E-state index contributed by atoms with van der Waals surface area (Å²) in [5.41, 5.74) is 2.39. The van der Waals surface area contributed by atoms with Crippen LogP contribution in [0.3, 0.4) is 0 Å². The SMILES string of the molecule is CCC(Oc1ccc2c(c1)CCC2)C(=O)Nc1cc(F)ccc1F. The maximum absolute atomic E-state index is 13.7. The van der Waals surface area contributed by atoms with Crippen LogP contribution >= 0.6 is 0 Å². The third kappa shape index (κ3) is 3.55. The van der Waals surface area contributed by atoms with Crippen molar-refractivity contribution in [2.75, 3.05) is 5.32 Å². The van der Waals surface area contributed by atoms with Gasteiger partial charge in [-0.25, -0.2) is 8.78 Å². The summed E-state index contributed by atoms with van der Waals surface area (Å²) < 4.78 is 32.6. The fourth-order valence-electron chi connectivity index (χ4n) is 2.91. The van der Waals surface area contributed by atoms with Gasteiger partial charge in [0.1, 0.15) is 17.4 Å². The molecule has 5 heteroatoms. The molecule has 0 radical (unpaired) electrons. The Balaban J connectivity index is 1.71. The number of aryl methyl sites for hydroxylation is 2. The van der Waals surface area contributed by atoms with E-state index in [2.05, 4.69) is 5.32 Å². The van der Waals surface area contributed by atoms with Crippen LogP contribution in [0.5, 0.6) is 5.75 Å². The number of carbonyl (C=O) groups is 1. The highest BCUT2D eigenvalue weighted by Crippen LogP contribution is 2.27. The number of fused-ring (bicyclic) bond motifs is 1. The van der Waals surface area contributed by atoms with Gasteiger partial charge in [-0.3, -0.25) is 4.79 Å². The van der Waals surface area contributed by atoms with Gasteiger partial charge in [0.25, 0.3) is 5.91 Å². The molecule has 0 saturated heterocycles. The molecule has 0 fully saturated rings. The van der Waals surface area contributed by atoms with Crippen LogP contribution in [0.25, 0.3) is 0 Å². The summed E-state index contributed by atoms with van der Waals surface area (Å²) in [6, 6.07) is 8.77. The fourth-order valence-corrected chi connectivity index (χ4v) is 2.91. The van der Waals surface area contributed by atoms with Crippen molar-refractivity contribution in [1.82, 2.24) is 0 Å². The van der Waals surface area contributed by atoms with E-state index >= 15 is 0 Å². The molecule has 3 nitrogen and oxygen atoms in total. The summed E-state index contributed by atoms with van der Waals surface area (Å²) in [7, 11) is 0. The lowest BCUT2D eigenvalue weighted by Gasteiger charge is -2.18. The molecule has 0 bridgehead atoms. The van der Waals surface area contributed by atoms with Gasteiger partial charge in [0.05, 0.1) is 5.69 Å². The number of ether oxygens (including phenoxy) is 1. The average molecular weight is 331 g/mol. The third-order valence-corrected chi connectivity index (χ3v) is 4.20. The molecule has 0 aromatic heterocycles. The zero-order chi connectivity index (χ0) is 17.1. The smallest absolute Gasteiger partial charge is 0.265 e. The lowest BCUT2D eigenvalue weighted by molar-refractivity contribution is -0.122. The van der Waals surface area contributed by atoms with Crippen LogP contribution in [0.2, 0.25) is 0 Å². The molecule has 0 saturated carbocycles. The van der Waals surface area contributed by atoms with Crippen molar-refractivity contribution in [3.8, 4) is 5.75 Å². The molecule has 3 rings (SSSR count). The molecule has 2 aromatic carbocycles. The van der Waals surface area contributed by atoms with Gasteiger partial charge in [-0.2, -0.15) is 0 Å². The Morgan fingerprint density at radius 2 is 1.96 bits per heavy atom. The molecule has 1 N–H and O–H groups in total. The number of benzene rings is 2. The molecule has 126 valence electrons. The molecule has 24 heavy (non-hydrogen) atoms. The second kappa shape index (κ2) is 6.99. The molecule has 1 aliphatic carbocycles. The van der Waals surface area contributed by atoms with Crippen LogP contribution in [0.1, 0.15) is 30.9 Å². The van der Waals surface area contributed by atoms with Crippen molar-refractivity contribution in [3.05, 3.63) is 59.2 Å². The lowest BCUT2D eigenvalue weighted by Crippen LogP contribution is -2.32. The summed E-state index contributed by atoms with van der Waals surface area (Å²) >= 11 is 0. The molecular formula is C19H19F2NO2. The van der Waals surface area contributed by atoms with Gasteiger partial charge < -0.3 is 10.1 Å². The minimum Gasteiger partial charge on any atom is -0.481 e. The van der Waals surface area contributed by atoms with E-state index in [-0.39, 0.29) is 5.69 Å². The number of halogens is 2. The number of hydrogen-bond acceptors (Lipinski definition) is 2. The van der Waals surface area contributed by atoms with Crippen LogP contribution in [0, 0.1) is 11.6 Å². The van der Waals surface area contributed by atoms with Crippen molar-refractivity contribution >= 4 is 11.6 Å². The normalized spacial score (nSPS) is 14.1. The molecular weight excluding hydrogens is 312 g/mol. The van der Waals surface area contributed by atoms with Crippen LogP contribution in [0.4, 0.5) is 14.5 Å². The van der Waals surface area contributed by atoms with Gasteiger partial charge in [-0.05, 0) is 61.1 Å². The van der Waals surface area contributed by atoms with E-state index in [1.807, 2.05) is 18.2 Å². The van der Waals surface area contributed by atoms with Gasteiger partial charge in [-0.1, -0.05) is 13.0 Å². The monoisotopic (exact) mass is 331 g/mol. The predicted molar refractivity (Wildman–Crippen MR) is 88.2 cm³/mol. The summed E-state index contributed by atoms with van der Waals surface area (Å²) in [5, 5.41) is 2.40. The lowest BCUT2D eigenvalue weighted by atomic mass is 10.1. The van der Waals surface area contributed by atoms with Crippen LogP contribution in [0.15, 0.2) is 36.4 Å². The predicted octanol–water partition coefficient (Wildman–Crippen LogP) is 4.25. The second-order valence-electron chi connectivity index (χ2n) is 5.91. The van der Waals surface area contributed by atoms with E-state index in [4.69, 9.17) is 4.74 Å². The minimum atomic E-state index is -0.771. The highest BCUT2D eigenvalue weighted by atomic mass is 19.1. The Hall–Kier alpha value is -2.43. The quantitative estimate of drug-likeness (QED) is 0.889. The third-order valence-electron chi connectivity index (χ3n) is 4.20. The molecule has 0 spiro atoms. The van der Waals surface area contributed by atoms with Crippen molar-refractivity contribution < 1.29 is 18.3 Å². The zero-order valence-electron chi connectivity index (χ0n) is 13.4. The molecule has 1 aliphatic rings. The van der Waals surface area contributed by atoms with Crippen molar-refractivity contribution in [3.63, 3.8) is 0 Å². The maximum atomic E-state index is 13.7. The number of hydrogen-bond donors (Lipinski definition) is 1. The van der Waals surface area contributed by atoms with Crippen LogP contribution < -0.4 is 10.1 Å². The van der Waals surface area contributed by atoms with Crippen molar-refractivity contribution in [2.45, 2.75) is 38.7 Å². The Bertz CT molecular complexity index is 761. The van der Waals surface area contributed by atoms with Gasteiger partial charge in [0.2, 0.25) is 0 Å². The van der Waals surface area contributed by atoms with E-state index in [9.17, 15) is 13.6 Å². The average Bonchev–Trinajstić information content (AvgIpc) is 3.03. The summed E-state index contributed by atoms with van der Waals surface area (Å²) in [5.74, 6) is -1.17. The standard InChI is InChI=1S/C19H19F2NO2/c1-2-18(19(23)22-17-11-14(20)7-9-16(17)21)24-15-8-6-12-4-3-5-13(12)10-15/h6-11,18H,2-5H2,1H3,(H,22,23). The van der Waals surface area contributed by atoms with E-state index in [1.54, 1.807) is 6.92 Å². The number of carbonyl (C=O) groups excluding carboxylic acids is 1. The van der Waals surface area contributed by atoms with Crippen molar-refractivity contribution in [2.24, 2.45) is 0 Å². The number of amides is 1. The molecule has 1 amide bonds. The molecule has 0 aliphatic heterocycles. The van der Waals surface area contributed by atoms with Crippen LogP contribution in [-0.4, -0.2) is 12.0 Å². The number of anilines is 1. The topological polar surface area (TPSA) is 38.3 Å². The first-order valence-corrected chi connectivity index (χ1v) is 8.11. The Morgan fingerprint density at radius 3 is 2.75 bits per heavy atom. The second-order valence-corrected chi connectivity index (χ2v) is 5.91. The van der Waals surface area contributed by atoms with Gasteiger partial charge in [0.15, 0.2) is 6.10 Å². The highest BCUT2D eigenvalue weighted by Gasteiger charge is 2.21. The first-order chi connectivity index (χ1) is 11.6. The van der Waals surface area contributed by atoms with Crippen LogP contribution in [-0.2, 0) is 17.6 Å². The number of rotatable bonds is 5. The van der Waals surface area contributed by atoms with Crippen molar-refractivity contribution in [1.29, 1.82) is 0 Å². The molecule has 2 aromatic rings. The highest BCUT2D eigenvalue weighted by molar-refractivity contribution is 5.94. The van der Waals surface area contributed by atoms with Gasteiger partial charge in [-0.15, -0.1) is 0 Å². The first-order valence-electron chi connectivity index (χ1n) is 8.11. The zero-order valence-corrected chi connectivity index (χ0v) is 13.4. The fraction of sp³-hybridized carbons (Fsp3) is 0.316. The molecule has 1 atom stereocenters. The minimum absolute atomic E-state index is 0.184. The largest absolute Gasteiger partial charge is 0.481 e. The molecule has 0 heterocycles. The van der Waals surface area contributed by atoms with E-state index in [0.717, 1.165) is 37.5 Å². The van der Waals surface area contributed by atoms with E-state index < -0.39 is 23.6 Å². The van der Waals surface area contributed by atoms with Gasteiger partial charge >= 0.3 is 0 Å². The number of nitrogens with one attached hydrogen (secondary N) is 1. The Morgan fingerprint density at radius 1 is 1.17 bits per heavy atom.